The lowest BCUT2D eigenvalue weighted by Crippen LogP contribution is -2.41. The SMILES string of the molecule is CC(C)(C)[Si](C)(C)OCCOCCOCCOCCOCCOCCOCCOCCOCC(=O)O. The van der Waals surface area contributed by atoms with Crippen LogP contribution in [0.2, 0.25) is 18.1 Å². The predicted molar refractivity (Wildman–Crippen MR) is 137 cm³/mol. The molecule has 1 N–H and O–H groups in total. The van der Waals surface area contributed by atoms with Gasteiger partial charge in [0, 0.05) is 0 Å². The molecular formula is C24H50O11Si. The fourth-order valence-electron chi connectivity index (χ4n) is 2.27. The van der Waals surface area contributed by atoms with Gasteiger partial charge in [0.25, 0.3) is 0 Å². The topological polar surface area (TPSA) is 120 Å². The van der Waals surface area contributed by atoms with Crippen molar-refractivity contribution in [2.45, 2.75) is 38.9 Å². The Morgan fingerprint density at radius 3 is 1.03 bits per heavy atom. The smallest absolute Gasteiger partial charge is 0.329 e. The van der Waals surface area contributed by atoms with Gasteiger partial charge in [-0.1, -0.05) is 20.8 Å². The number of hydrogen-bond acceptors (Lipinski definition) is 10. The van der Waals surface area contributed by atoms with Gasteiger partial charge in [-0.2, -0.15) is 0 Å². The molecule has 0 spiro atoms. The van der Waals surface area contributed by atoms with Crippen LogP contribution in [0.3, 0.4) is 0 Å². The summed E-state index contributed by atoms with van der Waals surface area (Å²) in [5.74, 6) is -0.991. The fraction of sp³-hybridized carbons (Fsp3) is 0.958. The van der Waals surface area contributed by atoms with Crippen LogP contribution in [0, 0.1) is 0 Å². The second-order valence-corrected chi connectivity index (χ2v) is 14.2. The highest BCUT2D eigenvalue weighted by molar-refractivity contribution is 6.74. The highest BCUT2D eigenvalue weighted by Crippen LogP contribution is 2.36. The van der Waals surface area contributed by atoms with E-state index < -0.39 is 14.3 Å². The molecule has 11 nitrogen and oxygen atoms in total. The van der Waals surface area contributed by atoms with E-state index in [0.29, 0.717) is 99.1 Å². The van der Waals surface area contributed by atoms with Crippen molar-refractivity contribution in [3.05, 3.63) is 0 Å². The summed E-state index contributed by atoms with van der Waals surface area (Å²) in [5, 5.41) is 8.62. The van der Waals surface area contributed by atoms with Gasteiger partial charge in [0.05, 0.1) is 106 Å². The van der Waals surface area contributed by atoms with Gasteiger partial charge in [-0.25, -0.2) is 4.79 Å². The Morgan fingerprint density at radius 1 is 0.528 bits per heavy atom. The lowest BCUT2D eigenvalue weighted by atomic mass is 10.2. The Labute approximate surface area is 218 Å². The first-order chi connectivity index (χ1) is 17.2. The highest BCUT2D eigenvalue weighted by atomic mass is 28.4. The second-order valence-electron chi connectivity index (χ2n) is 9.34. The van der Waals surface area contributed by atoms with Gasteiger partial charge in [-0.3, -0.25) is 0 Å². The number of carboxylic acid groups (broad SMARTS) is 1. The molecule has 216 valence electrons. The van der Waals surface area contributed by atoms with Crippen LogP contribution in [-0.4, -0.2) is 132 Å². The van der Waals surface area contributed by atoms with Gasteiger partial charge in [-0.05, 0) is 18.1 Å². The monoisotopic (exact) mass is 542 g/mol. The molecule has 0 saturated carbocycles. The number of aliphatic carboxylic acids is 1. The number of rotatable bonds is 27. The van der Waals surface area contributed by atoms with Crippen LogP contribution >= 0.6 is 0 Å². The minimum absolute atomic E-state index is 0.215. The fourth-order valence-corrected chi connectivity index (χ4v) is 3.30. The molecule has 0 bridgehead atoms. The summed E-state index contributed by atoms with van der Waals surface area (Å²) in [6.45, 7) is 18.6. The summed E-state index contributed by atoms with van der Waals surface area (Å²) in [6.07, 6.45) is 0. The predicted octanol–water partition coefficient (Wildman–Crippen LogP) is 2.23. The Morgan fingerprint density at radius 2 is 0.778 bits per heavy atom. The molecule has 0 saturated heterocycles. The van der Waals surface area contributed by atoms with Crippen molar-refractivity contribution in [3.8, 4) is 0 Å². The van der Waals surface area contributed by atoms with Crippen LogP contribution in [0.15, 0.2) is 0 Å². The third kappa shape index (κ3) is 23.7. The molecule has 0 unspecified atom stereocenters. The maximum atomic E-state index is 10.2. The van der Waals surface area contributed by atoms with E-state index in [4.69, 9.17) is 47.4 Å². The first-order valence-electron chi connectivity index (χ1n) is 12.6. The van der Waals surface area contributed by atoms with E-state index in [1.807, 2.05) is 0 Å². The Balaban J connectivity index is 3.15. The first kappa shape index (κ1) is 35.3. The zero-order chi connectivity index (χ0) is 27.0. The maximum absolute atomic E-state index is 10.2. The number of carboxylic acids is 1. The first-order valence-corrected chi connectivity index (χ1v) is 15.6. The summed E-state index contributed by atoms with van der Waals surface area (Å²) in [4.78, 5) is 10.2. The molecular weight excluding hydrogens is 492 g/mol. The minimum Gasteiger partial charge on any atom is -0.480 e. The van der Waals surface area contributed by atoms with Crippen molar-refractivity contribution >= 4 is 14.3 Å². The number of ether oxygens (including phenoxy) is 8. The molecule has 0 fully saturated rings. The molecule has 0 aromatic heterocycles. The molecule has 0 aromatic rings. The van der Waals surface area contributed by atoms with E-state index in [2.05, 4.69) is 33.9 Å². The van der Waals surface area contributed by atoms with Crippen molar-refractivity contribution in [2.75, 3.05) is 112 Å². The highest BCUT2D eigenvalue weighted by Gasteiger charge is 2.36. The molecule has 0 aromatic carbocycles. The van der Waals surface area contributed by atoms with E-state index in [9.17, 15) is 4.79 Å². The summed E-state index contributed by atoms with van der Waals surface area (Å²) in [6, 6.07) is 0. The van der Waals surface area contributed by atoms with E-state index in [-0.39, 0.29) is 18.3 Å². The van der Waals surface area contributed by atoms with Crippen LogP contribution in [-0.2, 0) is 47.1 Å². The molecule has 0 atom stereocenters. The van der Waals surface area contributed by atoms with Crippen molar-refractivity contribution in [2.24, 2.45) is 0 Å². The molecule has 36 heavy (non-hydrogen) atoms. The largest absolute Gasteiger partial charge is 0.480 e. The molecule has 0 aliphatic carbocycles. The Kier molecular flexibility index (Phi) is 23.0. The summed E-state index contributed by atoms with van der Waals surface area (Å²) in [5.41, 5.74) is 0. The molecule has 0 amide bonds. The average molecular weight is 543 g/mol. The standard InChI is InChI=1S/C24H50O11Si/c1-24(2,3)36(4,5)35-21-20-33-17-16-31-13-12-29-9-8-27-6-7-28-10-11-30-14-15-32-18-19-34-22-23(25)26/h6-22H2,1-5H3,(H,25,26). The molecule has 0 heterocycles. The van der Waals surface area contributed by atoms with Crippen LogP contribution in [0.4, 0.5) is 0 Å². The van der Waals surface area contributed by atoms with Gasteiger partial charge in [0.2, 0.25) is 0 Å². The van der Waals surface area contributed by atoms with Crippen LogP contribution in [0.1, 0.15) is 20.8 Å². The lowest BCUT2D eigenvalue weighted by Gasteiger charge is -2.36. The Hall–Kier alpha value is -0.673. The number of hydrogen-bond donors (Lipinski definition) is 1. The van der Waals surface area contributed by atoms with Gasteiger partial charge in [0.1, 0.15) is 6.61 Å². The van der Waals surface area contributed by atoms with E-state index in [1.54, 1.807) is 0 Å². The van der Waals surface area contributed by atoms with Gasteiger partial charge in [0.15, 0.2) is 8.32 Å². The summed E-state index contributed by atoms with van der Waals surface area (Å²) in [7, 11) is -1.69. The quantitative estimate of drug-likeness (QED) is 0.121. The lowest BCUT2D eigenvalue weighted by molar-refractivity contribution is -0.142. The second kappa shape index (κ2) is 23.4. The van der Waals surface area contributed by atoms with Crippen LogP contribution in [0.25, 0.3) is 0 Å². The van der Waals surface area contributed by atoms with E-state index in [0.717, 1.165) is 0 Å². The van der Waals surface area contributed by atoms with Crippen molar-refractivity contribution in [3.63, 3.8) is 0 Å². The zero-order valence-corrected chi connectivity index (χ0v) is 24.1. The summed E-state index contributed by atoms with van der Waals surface area (Å²) >= 11 is 0. The maximum Gasteiger partial charge on any atom is 0.329 e. The molecule has 12 heteroatoms. The van der Waals surface area contributed by atoms with E-state index >= 15 is 0 Å². The van der Waals surface area contributed by atoms with Crippen molar-refractivity contribution in [1.82, 2.24) is 0 Å². The van der Waals surface area contributed by atoms with E-state index in [1.165, 1.54) is 0 Å². The average Bonchev–Trinajstić information content (AvgIpc) is 2.80. The summed E-state index contributed by atoms with van der Waals surface area (Å²) < 4.78 is 48.8. The molecule has 0 aliphatic rings. The Bertz CT molecular complexity index is 501. The molecule has 0 aliphatic heterocycles. The normalized spacial score (nSPS) is 12.4. The van der Waals surface area contributed by atoms with Gasteiger partial charge in [-0.15, -0.1) is 0 Å². The van der Waals surface area contributed by atoms with Gasteiger partial charge >= 0.3 is 5.97 Å². The van der Waals surface area contributed by atoms with Gasteiger partial charge < -0.3 is 47.4 Å². The third-order valence-electron chi connectivity index (χ3n) is 5.33. The third-order valence-corrected chi connectivity index (χ3v) is 9.86. The van der Waals surface area contributed by atoms with Crippen LogP contribution in [0.5, 0.6) is 0 Å². The minimum atomic E-state index is -1.69. The molecule has 0 rings (SSSR count). The number of carbonyl (C=O) groups is 1. The molecule has 0 radical (unpaired) electrons. The van der Waals surface area contributed by atoms with Crippen molar-refractivity contribution < 1.29 is 52.2 Å². The van der Waals surface area contributed by atoms with Crippen molar-refractivity contribution in [1.29, 1.82) is 0 Å². The zero-order valence-electron chi connectivity index (χ0n) is 23.1. The van der Waals surface area contributed by atoms with Crippen LogP contribution < -0.4 is 0 Å².